The van der Waals surface area contributed by atoms with Crippen molar-refractivity contribution in [3.8, 4) is 0 Å². The van der Waals surface area contributed by atoms with Gasteiger partial charge in [0.25, 0.3) is 0 Å². The first-order valence-electron chi connectivity index (χ1n) is 8.97. The monoisotopic (exact) mass is 376 g/mol. The highest BCUT2D eigenvalue weighted by atomic mass is 35.5. The minimum atomic E-state index is -0.718. The van der Waals surface area contributed by atoms with Gasteiger partial charge in [0.2, 0.25) is 11.8 Å². The largest absolute Gasteiger partial charge is 0.481 e. The molecule has 1 spiro atoms. The molecule has 1 aromatic rings. The Morgan fingerprint density at radius 3 is 2.38 bits per heavy atom. The lowest BCUT2D eigenvalue weighted by atomic mass is 9.90. The van der Waals surface area contributed by atoms with E-state index < -0.39 is 5.97 Å². The van der Waals surface area contributed by atoms with Gasteiger partial charge in [-0.3, -0.25) is 14.4 Å². The van der Waals surface area contributed by atoms with Crippen molar-refractivity contribution in [2.24, 2.45) is 17.3 Å². The Hall–Kier alpha value is -2.08. The maximum absolute atomic E-state index is 12.8. The van der Waals surface area contributed by atoms with E-state index in [0.29, 0.717) is 24.7 Å². The first-order chi connectivity index (χ1) is 12.4. The number of amides is 2. The van der Waals surface area contributed by atoms with Gasteiger partial charge in [-0.05, 0) is 48.9 Å². The van der Waals surface area contributed by atoms with Crippen LogP contribution in [0.5, 0.6) is 0 Å². The van der Waals surface area contributed by atoms with Crippen molar-refractivity contribution in [3.63, 3.8) is 0 Å². The Balaban J connectivity index is 1.37. The summed E-state index contributed by atoms with van der Waals surface area (Å²) in [7, 11) is 0. The van der Waals surface area contributed by atoms with Crippen molar-refractivity contribution in [1.82, 2.24) is 4.90 Å². The number of hydrogen-bond donors (Lipinski definition) is 1. The molecule has 1 aromatic carbocycles. The summed E-state index contributed by atoms with van der Waals surface area (Å²) in [5, 5.41) is 9.78. The Kier molecular flexibility index (Phi) is 4.18. The first-order valence-corrected chi connectivity index (χ1v) is 9.35. The lowest BCUT2D eigenvalue weighted by Gasteiger charge is -2.34. The predicted molar refractivity (Wildman–Crippen MR) is 95.9 cm³/mol. The van der Waals surface area contributed by atoms with Crippen molar-refractivity contribution in [3.05, 3.63) is 29.3 Å². The normalized spacial score (nSPS) is 27.0. The summed E-state index contributed by atoms with van der Waals surface area (Å²) in [6, 6.07) is 7.05. The van der Waals surface area contributed by atoms with Gasteiger partial charge in [0.1, 0.15) is 0 Å². The van der Waals surface area contributed by atoms with Gasteiger partial charge >= 0.3 is 5.97 Å². The molecular formula is C19H21ClN2O4. The van der Waals surface area contributed by atoms with E-state index in [4.69, 9.17) is 11.6 Å². The Bertz CT molecular complexity index is 755. The fourth-order valence-corrected chi connectivity index (χ4v) is 4.55. The number of hydrogen-bond acceptors (Lipinski definition) is 3. The molecule has 7 heteroatoms. The second-order valence-corrected chi connectivity index (χ2v) is 8.10. The summed E-state index contributed by atoms with van der Waals surface area (Å²) in [6.45, 7) is 1.57. The Morgan fingerprint density at radius 2 is 1.81 bits per heavy atom. The molecule has 4 rings (SSSR count). The molecule has 0 aromatic heterocycles. The minimum Gasteiger partial charge on any atom is -0.481 e. The zero-order valence-corrected chi connectivity index (χ0v) is 15.1. The van der Waals surface area contributed by atoms with E-state index in [1.807, 2.05) is 4.90 Å². The molecule has 2 aliphatic heterocycles. The fraction of sp³-hybridized carbons (Fsp3) is 0.526. The number of likely N-dealkylation sites (tertiary alicyclic amines) is 1. The molecule has 2 atom stereocenters. The topological polar surface area (TPSA) is 77.9 Å². The molecule has 6 nitrogen and oxygen atoms in total. The van der Waals surface area contributed by atoms with Crippen LogP contribution in [0.4, 0.5) is 5.69 Å². The lowest BCUT2D eigenvalue weighted by molar-refractivity contribution is -0.140. The van der Waals surface area contributed by atoms with E-state index in [-0.39, 0.29) is 35.5 Å². The van der Waals surface area contributed by atoms with Crippen molar-refractivity contribution >= 4 is 35.1 Å². The number of nitrogens with zero attached hydrogens (tertiary/aromatic N) is 2. The van der Waals surface area contributed by atoms with E-state index in [1.54, 1.807) is 29.2 Å². The highest BCUT2D eigenvalue weighted by molar-refractivity contribution is 6.30. The summed E-state index contributed by atoms with van der Waals surface area (Å²) in [4.78, 5) is 39.8. The average Bonchev–Trinajstić information content (AvgIpc) is 3.19. The van der Waals surface area contributed by atoms with Crippen LogP contribution in [-0.4, -0.2) is 47.4 Å². The number of carboxylic acids is 1. The van der Waals surface area contributed by atoms with Crippen LogP contribution in [-0.2, 0) is 14.4 Å². The molecule has 1 aliphatic carbocycles. The number of anilines is 1. The first kappa shape index (κ1) is 17.3. The standard InChI is InChI=1S/C19H21ClN2O4/c20-13-1-3-14(4-2-13)22-11-12(9-16(22)23)17(24)21-7-5-19(6-8-21)10-15(19)18(25)26/h1-4,12,15H,5-11H2,(H,25,26). The van der Waals surface area contributed by atoms with E-state index in [9.17, 15) is 19.5 Å². The number of aliphatic carboxylic acids is 1. The van der Waals surface area contributed by atoms with Gasteiger partial charge < -0.3 is 14.9 Å². The number of benzene rings is 1. The van der Waals surface area contributed by atoms with Gasteiger partial charge in [0, 0.05) is 36.8 Å². The van der Waals surface area contributed by atoms with Crippen LogP contribution in [0.1, 0.15) is 25.7 Å². The van der Waals surface area contributed by atoms with Crippen molar-refractivity contribution in [2.75, 3.05) is 24.5 Å². The van der Waals surface area contributed by atoms with Crippen molar-refractivity contribution in [1.29, 1.82) is 0 Å². The quantitative estimate of drug-likeness (QED) is 0.878. The predicted octanol–water partition coefficient (Wildman–Crippen LogP) is 2.41. The smallest absolute Gasteiger partial charge is 0.307 e. The number of carbonyl (C=O) groups excluding carboxylic acids is 2. The van der Waals surface area contributed by atoms with Crippen LogP contribution >= 0.6 is 11.6 Å². The molecule has 3 aliphatic rings. The molecule has 3 fully saturated rings. The van der Waals surface area contributed by atoms with Crippen LogP contribution in [0.2, 0.25) is 5.02 Å². The summed E-state index contributed by atoms with van der Waals surface area (Å²) in [6.07, 6.45) is 2.45. The van der Waals surface area contributed by atoms with E-state index in [2.05, 4.69) is 0 Å². The van der Waals surface area contributed by atoms with Gasteiger partial charge in [-0.1, -0.05) is 11.6 Å². The molecule has 2 saturated heterocycles. The van der Waals surface area contributed by atoms with Crippen LogP contribution < -0.4 is 4.90 Å². The number of rotatable bonds is 3. The summed E-state index contributed by atoms with van der Waals surface area (Å²) in [5.41, 5.74) is 0.665. The van der Waals surface area contributed by atoms with Crippen LogP contribution in [0.3, 0.4) is 0 Å². The number of piperidine rings is 1. The second kappa shape index (κ2) is 6.27. The summed E-state index contributed by atoms with van der Waals surface area (Å²) >= 11 is 5.89. The molecule has 0 bridgehead atoms. The molecule has 26 heavy (non-hydrogen) atoms. The van der Waals surface area contributed by atoms with Crippen LogP contribution in [0, 0.1) is 17.3 Å². The third-order valence-electron chi connectivity index (χ3n) is 6.17. The van der Waals surface area contributed by atoms with Gasteiger partial charge in [-0.15, -0.1) is 0 Å². The lowest BCUT2D eigenvalue weighted by Crippen LogP contribution is -2.43. The van der Waals surface area contributed by atoms with E-state index >= 15 is 0 Å². The van der Waals surface area contributed by atoms with E-state index in [1.165, 1.54) is 0 Å². The second-order valence-electron chi connectivity index (χ2n) is 7.66. The average molecular weight is 377 g/mol. The number of halogens is 1. The van der Waals surface area contributed by atoms with Crippen LogP contribution in [0.25, 0.3) is 0 Å². The fourth-order valence-electron chi connectivity index (χ4n) is 4.42. The SMILES string of the molecule is O=C(O)C1CC12CCN(C(=O)C1CC(=O)N(c3ccc(Cl)cc3)C1)CC2. The van der Waals surface area contributed by atoms with Crippen LogP contribution in [0.15, 0.2) is 24.3 Å². The highest BCUT2D eigenvalue weighted by Crippen LogP contribution is 2.59. The third-order valence-corrected chi connectivity index (χ3v) is 6.42. The molecular weight excluding hydrogens is 356 g/mol. The Labute approximate surface area is 156 Å². The number of carbonyl (C=O) groups is 3. The molecule has 2 unspecified atom stereocenters. The molecule has 2 heterocycles. The van der Waals surface area contributed by atoms with Crippen molar-refractivity contribution in [2.45, 2.75) is 25.7 Å². The summed E-state index contributed by atoms with van der Waals surface area (Å²) in [5.74, 6) is -1.33. The number of carboxylic acid groups (broad SMARTS) is 1. The Morgan fingerprint density at radius 1 is 1.15 bits per heavy atom. The van der Waals surface area contributed by atoms with Gasteiger partial charge in [-0.25, -0.2) is 0 Å². The zero-order chi connectivity index (χ0) is 18.5. The highest BCUT2D eigenvalue weighted by Gasteiger charge is 2.59. The van der Waals surface area contributed by atoms with Gasteiger partial charge in [0.05, 0.1) is 11.8 Å². The molecule has 2 amide bonds. The summed E-state index contributed by atoms with van der Waals surface area (Å²) < 4.78 is 0. The molecule has 0 radical (unpaired) electrons. The van der Waals surface area contributed by atoms with Crippen molar-refractivity contribution < 1.29 is 19.5 Å². The van der Waals surface area contributed by atoms with E-state index in [0.717, 1.165) is 24.9 Å². The zero-order valence-electron chi connectivity index (χ0n) is 14.4. The maximum Gasteiger partial charge on any atom is 0.307 e. The molecule has 1 saturated carbocycles. The van der Waals surface area contributed by atoms with Gasteiger partial charge in [0.15, 0.2) is 0 Å². The van der Waals surface area contributed by atoms with Gasteiger partial charge in [-0.2, -0.15) is 0 Å². The third kappa shape index (κ3) is 2.96. The minimum absolute atomic E-state index is 0.0113. The molecule has 1 N–H and O–H groups in total. The maximum atomic E-state index is 12.8. The molecule has 138 valence electrons.